The van der Waals surface area contributed by atoms with Gasteiger partial charge in [-0.05, 0) is 137 Å². The summed E-state index contributed by atoms with van der Waals surface area (Å²) in [5, 5.41) is 0. The number of hydrogen-bond acceptors (Lipinski definition) is 2. The van der Waals surface area contributed by atoms with Crippen LogP contribution >= 0.6 is 0 Å². The van der Waals surface area contributed by atoms with Gasteiger partial charge in [-0.1, -0.05) is 82.6 Å². The Bertz CT molecular complexity index is 1780. The molecule has 6 rings (SSSR count). The number of anilines is 6. The molecule has 2 heteroatoms. The van der Waals surface area contributed by atoms with Crippen molar-refractivity contribution in [2.75, 3.05) is 9.80 Å². The van der Waals surface area contributed by atoms with Crippen molar-refractivity contribution in [1.29, 1.82) is 0 Å². The van der Waals surface area contributed by atoms with E-state index in [1.54, 1.807) is 0 Å². The van der Waals surface area contributed by atoms with E-state index in [9.17, 15) is 0 Å². The second-order valence-electron chi connectivity index (χ2n) is 11.6. The van der Waals surface area contributed by atoms with Gasteiger partial charge in [-0.15, -0.1) is 0 Å². The van der Waals surface area contributed by atoms with Crippen LogP contribution in [0.2, 0.25) is 0 Å². The fraction of sp³-hybridized carbons (Fsp3) is 0.0909. The fourth-order valence-electron chi connectivity index (χ4n) is 5.26. The molecule has 2 nitrogen and oxygen atoms in total. The van der Waals surface area contributed by atoms with Gasteiger partial charge in [0, 0.05) is 45.3 Å². The summed E-state index contributed by atoms with van der Waals surface area (Å²) in [5.41, 5.74) is 13.4. The molecule has 0 radical (unpaired) electrons. The van der Waals surface area contributed by atoms with E-state index in [4.69, 9.17) is 0 Å². The summed E-state index contributed by atoms with van der Waals surface area (Å²) < 4.78 is 0. The lowest BCUT2D eigenvalue weighted by Gasteiger charge is -2.25. The second kappa shape index (κ2) is 13.8. The van der Waals surface area contributed by atoms with Crippen molar-refractivity contribution in [2.45, 2.75) is 27.7 Å². The highest BCUT2D eigenvalue weighted by Crippen LogP contribution is 2.36. The predicted molar refractivity (Wildman–Crippen MR) is 195 cm³/mol. The molecule has 0 fully saturated rings. The molecule has 0 atom stereocenters. The molecule has 0 N–H and O–H groups in total. The molecular weight excluding hydrogens is 556 g/mol. The van der Waals surface area contributed by atoms with E-state index < -0.39 is 0 Å². The van der Waals surface area contributed by atoms with Crippen LogP contribution in [-0.2, 0) is 0 Å². The molecule has 0 aliphatic rings. The van der Waals surface area contributed by atoms with Gasteiger partial charge in [0.1, 0.15) is 0 Å². The van der Waals surface area contributed by atoms with Gasteiger partial charge in [-0.2, -0.15) is 0 Å². The minimum absolute atomic E-state index is 0.924. The van der Waals surface area contributed by atoms with Crippen molar-refractivity contribution in [2.24, 2.45) is 0 Å². The molecule has 0 aromatic heterocycles. The van der Waals surface area contributed by atoms with Gasteiger partial charge in [-0.25, -0.2) is 0 Å². The van der Waals surface area contributed by atoms with Crippen LogP contribution in [0.4, 0.5) is 34.1 Å². The lowest BCUT2D eigenvalue weighted by Crippen LogP contribution is -2.09. The van der Waals surface area contributed by atoms with Crippen molar-refractivity contribution in [1.82, 2.24) is 0 Å². The highest BCUT2D eigenvalue weighted by atomic mass is 15.1. The van der Waals surface area contributed by atoms with Crippen LogP contribution < -0.4 is 9.80 Å². The maximum Gasteiger partial charge on any atom is 0.0462 e. The minimum Gasteiger partial charge on any atom is -0.311 e. The minimum atomic E-state index is 0.924. The maximum atomic E-state index is 3.21. The van der Waals surface area contributed by atoms with E-state index in [1.165, 1.54) is 22.3 Å². The second-order valence-corrected chi connectivity index (χ2v) is 11.6. The van der Waals surface area contributed by atoms with E-state index in [-0.39, 0.29) is 0 Å². The molecule has 0 unspecified atom stereocenters. The zero-order chi connectivity index (χ0) is 31.9. The average molecular weight is 593 g/mol. The zero-order valence-corrected chi connectivity index (χ0v) is 26.8. The van der Waals surface area contributed by atoms with Crippen LogP contribution in [0.3, 0.4) is 0 Å². The third kappa shape index (κ3) is 7.22. The largest absolute Gasteiger partial charge is 0.311 e. The smallest absolute Gasteiger partial charge is 0.0462 e. The molecule has 0 amide bonds. The van der Waals surface area contributed by atoms with Gasteiger partial charge < -0.3 is 9.80 Å². The van der Waals surface area contributed by atoms with E-state index >= 15 is 0 Å². The molecule has 0 aliphatic carbocycles. The molecule has 0 heterocycles. The van der Waals surface area contributed by atoms with Crippen molar-refractivity contribution in [3.63, 3.8) is 0 Å². The Labute approximate surface area is 273 Å². The molecule has 46 heavy (non-hydrogen) atoms. The Balaban J connectivity index is 1.20. The monoisotopic (exact) mass is 592 g/mol. The van der Waals surface area contributed by atoms with Crippen LogP contribution in [-0.4, -0.2) is 0 Å². The molecule has 0 spiro atoms. The average Bonchev–Trinajstić information content (AvgIpc) is 3.08. The highest BCUT2D eigenvalue weighted by Gasteiger charge is 2.13. The van der Waals surface area contributed by atoms with Crippen molar-refractivity contribution < 1.29 is 0 Å². The summed E-state index contributed by atoms with van der Waals surface area (Å²) in [4.78, 5) is 4.52. The van der Waals surface area contributed by atoms with Crippen LogP contribution in [0.15, 0.2) is 146 Å². The topological polar surface area (TPSA) is 6.48 Å². The van der Waals surface area contributed by atoms with Crippen molar-refractivity contribution >= 4 is 34.1 Å². The zero-order valence-electron chi connectivity index (χ0n) is 26.8. The third-order valence-electron chi connectivity index (χ3n) is 7.90. The van der Waals surface area contributed by atoms with E-state index in [2.05, 4.69) is 207 Å². The Morgan fingerprint density at radius 1 is 0.283 bits per heavy atom. The molecule has 0 saturated carbocycles. The normalized spacial score (nSPS) is 10.3. The summed E-state index contributed by atoms with van der Waals surface area (Å²) in [5.74, 6) is 12.5. The van der Waals surface area contributed by atoms with Crippen LogP contribution in [0.25, 0.3) is 0 Å². The number of rotatable bonds is 6. The number of aryl methyl sites for hydroxylation is 4. The Morgan fingerprint density at radius 3 is 0.696 bits per heavy atom. The molecule has 0 aliphatic heterocycles. The first kappa shape index (κ1) is 30.1. The molecule has 0 saturated heterocycles. The van der Waals surface area contributed by atoms with E-state index in [0.29, 0.717) is 0 Å². The highest BCUT2D eigenvalue weighted by molar-refractivity contribution is 5.78. The quantitative estimate of drug-likeness (QED) is 0.178. The lowest BCUT2D eigenvalue weighted by atomic mass is 10.1. The summed E-state index contributed by atoms with van der Waals surface area (Å²) >= 11 is 0. The molecule has 6 aromatic carbocycles. The molecule has 222 valence electrons. The van der Waals surface area contributed by atoms with Crippen LogP contribution in [0, 0.1) is 51.4 Å². The lowest BCUT2D eigenvalue weighted by molar-refractivity contribution is 1.27. The Kier molecular flexibility index (Phi) is 9.01. The Morgan fingerprint density at radius 2 is 0.478 bits per heavy atom. The van der Waals surface area contributed by atoms with Crippen LogP contribution in [0.5, 0.6) is 0 Å². The third-order valence-corrected chi connectivity index (χ3v) is 7.90. The maximum absolute atomic E-state index is 3.21. The standard InChI is InChI=1S/C44H36N2/c1-33-9-21-39(22-10-33)45(40-23-11-34(2)12-24-40)43-29-17-37(18-30-43)7-5-6-8-38-19-31-44(32-20-38)46(41-25-13-35(3)14-26-41)42-27-15-36(4)16-28-42/h9-32H,1-4H3. The molecule has 0 bridgehead atoms. The summed E-state index contributed by atoms with van der Waals surface area (Å²) in [6.07, 6.45) is 0. The number of nitrogens with zero attached hydrogens (tertiary/aromatic N) is 2. The fourth-order valence-corrected chi connectivity index (χ4v) is 5.26. The van der Waals surface area contributed by atoms with Gasteiger partial charge in [-0.3, -0.25) is 0 Å². The van der Waals surface area contributed by atoms with E-state index in [0.717, 1.165) is 45.3 Å². The number of benzene rings is 6. The summed E-state index contributed by atoms with van der Waals surface area (Å²) in [7, 11) is 0. The van der Waals surface area contributed by atoms with Crippen LogP contribution in [0.1, 0.15) is 33.4 Å². The van der Waals surface area contributed by atoms with Gasteiger partial charge in [0.2, 0.25) is 0 Å². The van der Waals surface area contributed by atoms with Gasteiger partial charge in [0.05, 0.1) is 0 Å². The number of hydrogen-bond donors (Lipinski definition) is 0. The molecule has 6 aromatic rings. The summed E-state index contributed by atoms with van der Waals surface area (Å²) in [6.45, 7) is 8.44. The summed E-state index contributed by atoms with van der Waals surface area (Å²) in [6, 6.07) is 51.1. The predicted octanol–water partition coefficient (Wildman–Crippen LogP) is 11.3. The first-order valence-electron chi connectivity index (χ1n) is 15.5. The first-order chi connectivity index (χ1) is 22.4. The van der Waals surface area contributed by atoms with Gasteiger partial charge >= 0.3 is 0 Å². The van der Waals surface area contributed by atoms with Gasteiger partial charge in [0.25, 0.3) is 0 Å². The van der Waals surface area contributed by atoms with E-state index in [1.807, 2.05) is 0 Å². The molecular formula is C44H36N2. The SMILES string of the molecule is Cc1ccc(N(c2ccc(C)cc2)c2ccc(C#CC#Cc3ccc(N(c4ccc(C)cc4)c4ccc(C)cc4)cc3)cc2)cc1. The van der Waals surface area contributed by atoms with Crippen molar-refractivity contribution in [3.05, 3.63) is 179 Å². The van der Waals surface area contributed by atoms with Gasteiger partial charge in [0.15, 0.2) is 0 Å². The Hall–Kier alpha value is -5.96. The first-order valence-corrected chi connectivity index (χ1v) is 15.5. The van der Waals surface area contributed by atoms with Crippen molar-refractivity contribution in [3.8, 4) is 23.7 Å².